The Morgan fingerprint density at radius 2 is 1.97 bits per heavy atom. The van der Waals surface area contributed by atoms with Crippen LogP contribution in [0.3, 0.4) is 0 Å². The van der Waals surface area contributed by atoms with Crippen molar-refractivity contribution in [1.29, 1.82) is 0 Å². The monoisotopic (exact) mass is 453 g/mol. The van der Waals surface area contributed by atoms with Crippen molar-refractivity contribution in [2.24, 2.45) is 11.3 Å². The first kappa shape index (κ1) is 22.2. The number of nitrogens with one attached hydrogen (secondary N) is 2. The SMILES string of the molecule is CC1=C(C(=O)Nc2ccc(C)cn2)C(c2c(F)cccc2Cl)C2C(=O)CC(C)(C)C=C2N1. The van der Waals surface area contributed by atoms with Crippen LogP contribution >= 0.6 is 11.6 Å². The molecule has 1 aromatic carbocycles. The maximum Gasteiger partial charge on any atom is 0.255 e. The molecule has 5 nitrogen and oxygen atoms in total. The largest absolute Gasteiger partial charge is 0.362 e. The molecule has 0 saturated carbocycles. The minimum Gasteiger partial charge on any atom is -0.362 e. The smallest absolute Gasteiger partial charge is 0.255 e. The molecule has 2 unspecified atom stereocenters. The van der Waals surface area contributed by atoms with Crippen molar-refractivity contribution in [1.82, 2.24) is 10.3 Å². The highest BCUT2D eigenvalue weighted by molar-refractivity contribution is 6.31. The topological polar surface area (TPSA) is 71.1 Å². The number of aryl methyl sites for hydroxylation is 1. The second-order valence-electron chi connectivity index (χ2n) is 9.16. The highest BCUT2D eigenvalue weighted by atomic mass is 35.5. The third kappa shape index (κ3) is 4.07. The van der Waals surface area contributed by atoms with Crippen LogP contribution in [0.15, 0.2) is 59.6 Å². The predicted molar refractivity (Wildman–Crippen MR) is 123 cm³/mol. The molecule has 7 heteroatoms. The second kappa shape index (κ2) is 8.17. The van der Waals surface area contributed by atoms with E-state index in [-0.39, 0.29) is 27.4 Å². The molecule has 2 N–H and O–H groups in total. The number of nitrogens with zero attached hydrogens (tertiary/aromatic N) is 1. The summed E-state index contributed by atoms with van der Waals surface area (Å²) in [4.78, 5) is 31.0. The van der Waals surface area contributed by atoms with E-state index in [0.29, 0.717) is 23.6 Å². The van der Waals surface area contributed by atoms with Gasteiger partial charge in [0, 0.05) is 46.1 Å². The number of Topliss-reactive ketones (excluding diaryl/α,β-unsaturated/α-hetero) is 1. The minimum absolute atomic E-state index is 0.0596. The fourth-order valence-electron chi connectivity index (χ4n) is 4.61. The minimum atomic E-state index is -0.856. The molecule has 4 rings (SSSR count). The van der Waals surface area contributed by atoms with Gasteiger partial charge in [0.05, 0.1) is 5.92 Å². The highest BCUT2D eigenvalue weighted by Gasteiger charge is 2.47. The number of amides is 1. The third-order valence-electron chi connectivity index (χ3n) is 5.95. The van der Waals surface area contributed by atoms with Gasteiger partial charge in [-0.2, -0.15) is 0 Å². The van der Waals surface area contributed by atoms with Gasteiger partial charge in [-0.25, -0.2) is 9.37 Å². The summed E-state index contributed by atoms with van der Waals surface area (Å²) in [6.45, 7) is 7.61. The average molecular weight is 454 g/mol. The Balaban J connectivity index is 1.87. The first-order valence-corrected chi connectivity index (χ1v) is 10.9. The summed E-state index contributed by atoms with van der Waals surface area (Å²) in [5.41, 5.74) is 2.27. The number of benzene rings is 1. The lowest BCUT2D eigenvalue weighted by molar-refractivity contribution is -0.124. The predicted octanol–water partition coefficient (Wildman–Crippen LogP) is 5.28. The molecule has 2 aliphatic rings. The Morgan fingerprint density at radius 1 is 1.22 bits per heavy atom. The van der Waals surface area contributed by atoms with Gasteiger partial charge in [0.15, 0.2) is 0 Å². The number of carbonyl (C=O) groups excluding carboxylic acids is 2. The van der Waals surface area contributed by atoms with Gasteiger partial charge in [-0.05, 0) is 43.0 Å². The van der Waals surface area contributed by atoms with Gasteiger partial charge in [0.1, 0.15) is 17.4 Å². The summed E-state index contributed by atoms with van der Waals surface area (Å²) < 4.78 is 15.1. The molecule has 32 heavy (non-hydrogen) atoms. The van der Waals surface area contributed by atoms with E-state index in [9.17, 15) is 9.59 Å². The first-order valence-electron chi connectivity index (χ1n) is 10.5. The van der Waals surface area contributed by atoms with E-state index in [1.807, 2.05) is 32.9 Å². The van der Waals surface area contributed by atoms with Crippen LogP contribution in [0.25, 0.3) is 0 Å². The number of fused-ring (bicyclic) bond motifs is 1. The molecule has 2 atom stereocenters. The number of halogens is 2. The molecule has 166 valence electrons. The third-order valence-corrected chi connectivity index (χ3v) is 6.28. The van der Waals surface area contributed by atoms with E-state index in [1.54, 1.807) is 25.3 Å². The molecule has 1 amide bonds. The lowest BCUT2D eigenvalue weighted by Gasteiger charge is -2.41. The molecular weight excluding hydrogens is 429 g/mol. The van der Waals surface area contributed by atoms with Gasteiger partial charge in [-0.3, -0.25) is 9.59 Å². The molecule has 1 aliphatic heterocycles. The Kier molecular flexibility index (Phi) is 5.67. The average Bonchev–Trinajstić information content (AvgIpc) is 2.68. The summed E-state index contributed by atoms with van der Waals surface area (Å²) >= 11 is 6.44. The molecule has 0 spiro atoms. The van der Waals surface area contributed by atoms with Crippen LogP contribution in [-0.2, 0) is 9.59 Å². The van der Waals surface area contributed by atoms with Crippen LogP contribution in [0.1, 0.15) is 44.2 Å². The van der Waals surface area contributed by atoms with Crippen molar-refractivity contribution in [3.8, 4) is 0 Å². The van der Waals surface area contributed by atoms with Gasteiger partial charge in [-0.15, -0.1) is 0 Å². The molecule has 0 bridgehead atoms. The normalized spacial score (nSPS) is 22.1. The van der Waals surface area contributed by atoms with Crippen LogP contribution in [-0.4, -0.2) is 16.7 Å². The van der Waals surface area contributed by atoms with Gasteiger partial charge in [-0.1, -0.05) is 43.7 Å². The van der Waals surface area contributed by atoms with E-state index < -0.39 is 23.6 Å². The van der Waals surface area contributed by atoms with E-state index >= 15 is 4.39 Å². The maximum atomic E-state index is 15.1. The number of pyridine rings is 1. The lowest BCUT2D eigenvalue weighted by Crippen LogP contribution is -2.44. The fraction of sp³-hybridized carbons (Fsp3) is 0.320. The van der Waals surface area contributed by atoms with Gasteiger partial charge in [0.2, 0.25) is 0 Å². The van der Waals surface area contributed by atoms with Crippen molar-refractivity contribution in [2.75, 3.05) is 5.32 Å². The number of anilines is 1. The number of hydrogen-bond acceptors (Lipinski definition) is 4. The van der Waals surface area contributed by atoms with Crippen LogP contribution < -0.4 is 10.6 Å². The molecular formula is C25H25ClFN3O2. The summed E-state index contributed by atoms with van der Waals surface area (Å²) in [6.07, 6.45) is 3.94. The van der Waals surface area contributed by atoms with Crippen LogP contribution in [0.4, 0.5) is 10.2 Å². The number of allylic oxidation sites excluding steroid dienone is 3. The summed E-state index contributed by atoms with van der Waals surface area (Å²) in [5.74, 6) is -2.27. The van der Waals surface area contributed by atoms with Crippen LogP contribution in [0.5, 0.6) is 0 Å². The van der Waals surface area contributed by atoms with Crippen molar-refractivity contribution >= 4 is 29.1 Å². The Labute approximate surface area is 191 Å². The maximum absolute atomic E-state index is 15.1. The zero-order chi connectivity index (χ0) is 23.2. The number of carbonyl (C=O) groups is 2. The van der Waals surface area contributed by atoms with Crippen molar-refractivity contribution < 1.29 is 14.0 Å². The van der Waals surface area contributed by atoms with E-state index in [0.717, 1.165) is 5.56 Å². The fourth-order valence-corrected chi connectivity index (χ4v) is 4.89. The highest BCUT2D eigenvalue weighted by Crippen LogP contribution is 2.48. The zero-order valence-corrected chi connectivity index (χ0v) is 19.2. The Morgan fingerprint density at radius 3 is 2.62 bits per heavy atom. The summed E-state index contributed by atoms with van der Waals surface area (Å²) in [6, 6.07) is 7.93. The molecule has 2 heterocycles. The summed E-state index contributed by atoms with van der Waals surface area (Å²) in [5, 5.41) is 6.21. The standard InChI is InChI=1S/C25H25ClFN3O2/c1-13-8-9-19(28-12-13)30-24(32)20-14(2)29-17-10-25(3,4)11-18(31)22(17)23(20)21-15(26)6-5-7-16(21)27/h5-10,12,22-23,29H,11H2,1-4H3,(H,28,30,32). The quantitative estimate of drug-likeness (QED) is 0.663. The van der Waals surface area contributed by atoms with E-state index in [1.165, 1.54) is 12.1 Å². The second-order valence-corrected chi connectivity index (χ2v) is 9.57. The van der Waals surface area contributed by atoms with E-state index in [2.05, 4.69) is 15.6 Å². The Hall–Kier alpha value is -2.99. The number of rotatable bonds is 3. The number of aromatic nitrogens is 1. The van der Waals surface area contributed by atoms with Crippen LogP contribution in [0.2, 0.25) is 5.02 Å². The molecule has 0 saturated heterocycles. The van der Waals surface area contributed by atoms with Gasteiger partial charge in [0.25, 0.3) is 5.91 Å². The van der Waals surface area contributed by atoms with Crippen molar-refractivity contribution in [3.63, 3.8) is 0 Å². The molecule has 1 aromatic heterocycles. The zero-order valence-electron chi connectivity index (χ0n) is 18.4. The molecule has 1 aliphatic carbocycles. The Bertz CT molecular complexity index is 1150. The molecule has 2 aromatic rings. The molecule has 0 fully saturated rings. The molecule has 0 radical (unpaired) electrons. The lowest BCUT2D eigenvalue weighted by atomic mass is 9.66. The summed E-state index contributed by atoms with van der Waals surface area (Å²) in [7, 11) is 0. The van der Waals surface area contributed by atoms with E-state index in [4.69, 9.17) is 11.6 Å². The number of hydrogen-bond donors (Lipinski definition) is 2. The van der Waals surface area contributed by atoms with Crippen LogP contribution in [0, 0.1) is 24.1 Å². The van der Waals surface area contributed by atoms with Gasteiger partial charge < -0.3 is 10.6 Å². The number of ketones is 1. The van der Waals surface area contributed by atoms with Crippen molar-refractivity contribution in [3.05, 3.63) is 81.5 Å². The van der Waals surface area contributed by atoms with Gasteiger partial charge >= 0.3 is 0 Å². The first-order chi connectivity index (χ1) is 15.1. The van der Waals surface area contributed by atoms with Crippen molar-refractivity contribution in [2.45, 2.75) is 40.0 Å².